The third-order valence-electron chi connectivity index (χ3n) is 3.00. The Balaban J connectivity index is 5.67. The van der Waals surface area contributed by atoms with E-state index in [1.807, 2.05) is 0 Å². The molecule has 0 spiro atoms. The van der Waals surface area contributed by atoms with Crippen LogP contribution in [0.5, 0.6) is 0 Å². The van der Waals surface area contributed by atoms with Crippen molar-refractivity contribution in [3.63, 3.8) is 0 Å². The molecular formula is C11H15ClF6O4S2. The average Bonchev–Trinajstić information content (AvgIpc) is 2.47. The summed E-state index contributed by atoms with van der Waals surface area (Å²) in [6.07, 6.45) is -12.7. The number of alkyl halides is 7. The number of esters is 1. The zero-order valence-corrected chi connectivity index (χ0v) is 14.8. The number of hydrogen-bond acceptors (Lipinski definition) is 5. The number of methoxy groups -OCH3 is 1. The van der Waals surface area contributed by atoms with Gasteiger partial charge in [-0.05, 0) is 12.7 Å². The van der Waals surface area contributed by atoms with Crippen molar-refractivity contribution in [3.05, 3.63) is 0 Å². The van der Waals surface area contributed by atoms with Crippen molar-refractivity contribution < 1.29 is 44.3 Å². The number of halogens is 7. The maximum atomic E-state index is 14.4. The van der Waals surface area contributed by atoms with Crippen molar-refractivity contribution in [1.82, 2.24) is 0 Å². The zero-order chi connectivity index (χ0) is 19.3. The molecule has 0 N–H and O–H groups in total. The Kier molecular flexibility index (Phi) is 8.70. The lowest BCUT2D eigenvalue weighted by molar-refractivity contribution is -0.143. The SMILES string of the molecule is COC(=O)C(Cl)(C(F)CC(SC)C(F)F)S(=O)(=O)CCC(F)(F)F. The third kappa shape index (κ3) is 5.87. The standard InChI is InChI=1S/C11H15ClF6O4S2/c1-22-9(19)11(12,7(13)5-6(23-2)8(14)15)24(20,21)4-3-10(16,17)18/h6-8H,3-5H2,1-2H3. The molecule has 0 saturated carbocycles. The van der Waals surface area contributed by atoms with Crippen molar-refractivity contribution in [2.45, 2.75) is 41.1 Å². The van der Waals surface area contributed by atoms with Gasteiger partial charge in [0, 0.05) is 0 Å². The number of carbonyl (C=O) groups excluding carboxylic acids is 1. The second-order valence-corrected chi connectivity index (χ2v) is 8.81. The van der Waals surface area contributed by atoms with Crippen LogP contribution < -0.4 is 0 Å². The van der Waals surface area contributed by atoms with Crippen molar-refractivity contribution in [2.75, 3.05) is 19.1 Å². The van der Waals surface area contributed by atoms with Crippen molar-refractivity contribution in [3.8, 4) is 0 Å². The summed E-state index contributed by atoms with van der Waals surface area (Å²) in [5.41, 5.74) is 0. The van der Waals surface area contributed by atoms with Gasteiger partial charge in [-0.1, -0.05) is 11.6 Å². The molecule has 0 aromatic rings. The van der Waals surface area contributed by atoms with Gasteiger partial charge in [-0.2, -0.15) is 24.9 Å². The Labute approximate surface area is 144 Å². The highest BCUT2D eigenvalue weighted by atomic mass is 35.5. The molecule has 0 fully saturated rings. The van der Waals surface area contributed by atoms with E-state index < -0.39 is 62.6 Å². The molecular weight excluding hydrogens is 410 g/mol. The summed E-state index contributed by atoms with van der Waals surface area (Å²) in [6, 6.07) is 0. The van der Waals surface area contributed by atoms with Gasteiger partial charge in [-0.15, -0.1) is 0 Å². The maximum Gasteiger partial charge on any atom is 0.390 e. The molecule has 0 aliphatic rings. The smallest absolute Gasteiger partial charge is 0.390 e. The highest BCUT2D eigenvalue weighted by molar-refractivity contribution is 7.99. The van der Waals surface area contributed by atoms with Crippen LogP contribution in [-0.2, 0) is 19.4 Å². The lowest BCUT2D eigenvalue weighted by Gasteiger charge is -2.29. The van der Waals surface area contributed by atoms with E-state index in [2.05, 4.69) is 4.74 Å². The molecule has 0 aliphatic carbocycles. The van der Waals surface area contributed by atoms with Gasteiger partial charge in [0.05, 0.1) is 24.5 Å². The second kappa shape index (κ2) is 8.84. The normalized spacial score (nSPS) is 18.1. The van der Waals surface area contributed by atoms with Crippen molar-refractivity contribution in [2.24, 2.45) is 0 Å². The van der Waals surface area contributed by atoms with E-state index in [0.29, 0.717) is 18.9 Å². The molecule has 0 aromatic heterocycles. The van der Waals surface area contributed by atoms with Gasteiger partial charge in [-0.3, -0.25) is 0 Å². The molecule has 13 heteroatoms. The van der Waals surface area contributed by atoms with Crippen LogP contribution >= 0.6 is 23.4 Å². The van der Waals surface area contributed by atoms with E-state index in [1.165, 1.54) is 6.26 Å². The molecule has 144 valence electrons. The number of thioether (sulfide) groups is 1. The summed E-state index contributed by atoms with van der Waals surface area (Å²) in [6.45, 7) is 0. The molecule has 0 rings (SSSR count). The molecule has 0 heterocycles. The van der Waals surface area contributed by atoms with Gasteiger partial charge in [0.2, 0.25) is 6.43 Å². The average molecular weight is 425 g/mol. The van der Waals surface area contributed by atoms with Crippen LogP contribution in [0.1, 0.15) is 12.8 Å². The Morgan fingerprint density at radius 2 is 1.75 bits per heavy atom. The molecule has 0 radical (unpaired) electrons. The van der Waals surface area contributed by atoms with Crippen LogP contribution in [-0.4, -0.2) is 61.7 Å². The molecule has 3 unspecified atom stereocenters. The summed E-state index contributed by atoms with van der Waals surface area (Å²) < 4.78 is 101. The monoisotopic (exact) mass is 424 g/mol. The largest absolute Gasteiger partial charge is 0.467 e. The minimum Gasteiger partial charge on any atom is -0.467 e. The molecule has 4 nitrogen and oxygen atoms in total. The van der Waals surface area contributed by atoms with E-state index in [9.17, 15) is 39.6 Å². The first-order chi connectivity index (χ1) is 10.7. The minimum atomic E-state index is -5.20. The lowest BCUT2D eigenvalue weighted by atomic mass is 10.1. The van der Waals surface area contributed by atoms with Crippen molar-refractivity contribution >= 4 is 39.2 Å². The van der Waals surface area contributed by atoms with Gasteiger partial charge in [0.15, 0.2) is 9.84 Å². The van der Waals surface area contributed by atoms with E-state index >= 15 is 0 Å². The summed E-state index contributed by atoms with van der Waals surface area (Å²) in [7, 11) is -4.56. The van der Waals surface area contributed by atoms with Crippen LogP contribution in [0.25, 0.3) is 0 Å². The summed E-state index contributed by atoms with van der Waals surface area (Å²) >= 11 is 6.00. The number of hydrogen-bond donors (Lipinski definition) is 0. The molecule has 0 aliphatic heterocycles. The van der Waals surface area contributed by atoms with E-state index in [-0.39, 0.29) is 0 Å². The molecule has 24 heavy (non-hydrogen) atoms. The first-order valence-corrected chi connectivity index (χ1v) is 9.56. The fraction of sp³-hybridized carbons (Fsp3) is 0.909. The first-order valence-electron chi connectivity index (χ1n) is 6.24. The van der Waals surface area contributed by atoms with Gasteiger partial charge >= 0.3 is 12.1 Å². The second-order valence-electron chi connectivity index (χ2n) is 4.63. The summed E-state index contributed by atoms with van der Waals surface area (Å²) in [4.78, 5) is 11.6. The Bertz CT molecular complexity index is 527. The molecule has 0 aromatic carbocycles. The van der Waals surface area contributed by atoms with Crippen LogP contribution in [0.3, 0.4) is 0 Å². The topological polar surface area (TPSA) is 60.4 Å². The van der Waals surface area contributed by atoms with Crippen molar-refractivity contribution in [1.29, 1.82) is 0 Å². The fourth-order valence-corrected chi connectivity index (χ4v) is 4.23. The predicted molar refractivity (Wildman–Crippen MR) is 77.9 cm³/mol. The number of carbonyl (C=O) groups is 1. The van der Waals surface area contributed by atoms with Crippen LogP contribution in [0, 0.1) is 0 Å². The number of sulfone groups is 1. The molecule has 3 atom stereocenters. The fourth-order valence-electron chi connectivity index (χ4n) is 1.64. The first kappa shape index (κ1) is 23.6. The molecule has 0 amide bonds. The Morgan fingerprint density at radius 3 is 2.08 bits per heavy atom. The Hall–Kier alpha value is -0.360. The Morgan fingerprint density at radius 1 is 1.25 bits per heavy atom. The van der Waals surface area contributed by atoms with Gasteiger partial charge < -0.3 is 4.74 Å². The molecule has 0 bridgehead atoms. The minimum absolute atomic E-state index is 0.494. The number of ether oxygens (including phenoxy) is 1. The van der Waals surface area contributed by atoms with Crippen LogP contribution in [0.15, 0.2) is 0 Å². The van der Waals surface area contributed by atoms with E-state index in [1.54, 1.807) is 0 Å². The van der Waals surface area contributed by atoms with Crippen LogP contribution in [0.2, 0.25) is 0 Å². The summed E-state index contributed by atoms with van der Waals surface area (Å²) in [5.74, 6) is -3.55. The third-order valence-corrected chi connectivity index (χ3v) is 7.17. The number of rotatable bonds is 9. The van der Waals surface area contributed by atoms with Gasteiger partial charge in [0.1, 0.15) is 6.17 Å². The lowest BCUT2D eigenvalue weighted by Crippen LogP contribution is -2.52. The highest BCUT2D eigenvalue weighted by Crippen LogP contribution is 2.38. The summed E-state index contributed by atoms with van der Waals surface area (Å²) in [5, 5.41) is -1.71. The van der Waals surface area contributed by atoms with Gasteiger partial charge in [-0.25, -0.2) is 26.4 Å². The predicted octanol–water partition coefficient (Wildman–Crippen LogP) is 3.19. The van der Waals surface area contributed by atoms with Gasteiger partial charge in [0.25, 0.3) is 4.21 Å². The zero-order valence-electron chi connectivity index (χ0n) is 12.4. The van der Waals surface area contributed by atoms with Crippen LogP contribution in [0.4, 0.5) is 26.3 Å². The van der Waals surface area contributed by atoms with E-state index in [4.69, 9.17) is 11.6 Å². The van der Waals surface area contributed by atoms with E-state index in [0.717, 1.165) is 0 Å². The molecule has 0 saturated heterocycles. The maximum absolute atomic E-state index is 14.4. The highest BCUT2D eigenvalue weighted by Gasteiger charge is 2.58. The quantitative estimate of drug-likeness (QED) is 0.323.